The van der Waals surface area contributed by atoms with Gasteiger partial charge in [-0.2, -0.15) is 0 Å². The third-order valence-electron chi connectivity index (χ3n) is 4.01. The molecule has 0 spiro atoms. The van der Waals surface area contributed by atoms with Gasteiger partial charge in [-0.1, -0.05) is 12.1 Å². The number of anilines is 2. The molecule has 0 unspecified atom stereocenters. The molecule has 0 radical (unpaired) electrons. The van der Waals surface area contributed by atoms with E-state index in [0.717, 1.165) is 0 Å². The third-order valence-corrected chi connectivity index (χ3v) is 4.01. The van der Waals surface area contributed by atoms with Gasteiger partial charge < -0.3 is 10.6 Å². The SMILES string of the molecule is O=C(/C=C/c1ccc([N+](=O)[O-])cc1)Nc1cccc(C(=O)Nc2cccc(F)c2)c1. The lowest BCUT2D eigenvalue weighted by molar-refractivity contribution is -0.384. The Labute approximate surface area is 171 Å². The van der Waals surface area contributed by atoms with Crippen molar-refractivity contribution in [2.24, 2.45) is 0 Å². The number of rotatable bonds is 6. The number of amides is 2. The Morgan fingerprint density at radius 2 is 1.57 bits per heavy atom. The summed E-state index contributed by atoms with van der Waals surface area (Å²) in [6.07, 6.45) is 2.79. The van der Waals surface area contributed by atoms with Crippen LogP contribution in [0.4, 0.5) is 21.5 Å². The minimum absolute atomic E-state index is 0.0371. The minimum Gasteiger partial charge on any atom is -0.322 e. The number of carbonyl (C=O) groups excluding carboxylic acids is 2. The molecule has 3 rings (SSSR count). The normalized spacial score (nSPS) is 10.6. The highest BCUT2D eigenvalue weighted by Crippen LogP contribution is 2.16. The van der Waals surface area contributed by atoms with Crippen molar-refractivity contribution in [1.82, 2.24) is 0 Å². The second-order valence-corrected chi connectivity index (χ2v) is 6.22. The number of nitrogens with zero attached hydrogens (tertiary/aromatic N) is 1. The van der Waals surface area contributed by atoms with Crippen LogP contribution in [0, 0.1) is 15.9 Å². The van der Waals surface area contributed by atoms with Crippen LogP contribution in [0.2, 0.25) is 0 Å². The molecule has 150 valence electrons. The molecule has 0 aliphatic rings. The van der Waals surface area contributed by atoms with Gasteiger partial charge in [0.1, 0.15) is 5.82 Å². The smallest absolute Gasteiger partial charge is 0.269 e. The highest BCUT2D eigenvalue weighted by atomic mass is 19.1. The fourth-order valence-electron chi connectivity index (χ4n) is 2.57. The van der Waals surface area contributed by atoms with E-state index in [1.54, 1.807) is 24.3 Å². The van der Waals surface area contributed by atoms with E-state index >= 15 is 0 Å². The molecule has 0 aliphatic carbocycles. The lowest BCUT2D eigenvalue weighted by Crippen LogP contribution is -2.13. The summed E-state index contributed by atoms with van der Waals surface area (Å²) >= 11 is 0. The summed E-state index contributed by atoms with van der Waals surface area (Å²) in [4.78, 5) is 34.6. The zero-order chi connectivity index (χ0) is 21.5. The summed E-state index contributed by atoms with van der Waals surface area (Å²) in [6, 6.07) is 17.6. The number of halogens is 1. The van der Waals surface area contributed by atoms with E-state index < -0.39 is 22.6 Å². The van der Waals surface area contributed by atoms with Crippen LogP contribution in [-0.4, -0.2) is 16.7 Å². The Hall–Kier alpha value is -4.33. The molecule has 2 amide bonds. The number of nitro benzene ring substituents is 1. The van der Waals surface area contributed by atoms with Crippen molar-refractivity contribution in [2.45, 2.75) is 0 Å². The van der Waals surface area contributed by atoms with Crippen molar-refractivity contribution < 1.29 is 18.9 Å². The maximum Gasteiger partial charge on any atom is 0.269 e. The average Bonchev–Trinajstić information content (AvgIpc) is 2.73. The molecule has 0 saturated heterocycles. The van der Waals surface area contributed by atoms with Gasteiger partial charge >= 0.3 is 0 Å². The van der Waals surface area contributed by atoms with E-state index in [4.69, 9.17) is 0 Å². The molecule has 2 N–H and O–H groups in total. The van der Waals surface area contributed by atoms with Crippen molar-refractivity contribution in [3.8, 4) is 0 Å². The van der Waals surface area contributed by atoms with Gasteiger partial charge in [-0.15, -0.1) is 0 Å². The summed E-state index contributed by atoms with van der Waals surface area (Å²) in [5.74, 6) is -1.34. The van der Waals surface area contributed by atoms with Gasteiger partial charge in [-0.05, 0) is 60.2 Å². The first-order valence-corrected chi connectivity index (χ1v) is 8.81. The van der Waals surface area contributed by atoms with Crippen molar-refractivity contribution >= 4 is 35.0 Å². The quantitative estimate of drug-likeness (QED) is 0.354. The summed E-state index contributed by atoms with van der Waals surface area (Å²) in [7, 11) is 0. The van der Waals surface area contributed by atoms with E-state index in [0.29, 0.717) is 16.9 Å². The van der Waals surface area contributed by atoms with Crippen molar-refractivity contribution in [1.29, 1.82) is 0 Å². The number of nitro groups is 1. The van der Waals surface area contributed by atoms with E-state index in [9.17, 15) is 24.1 Å². The third kappa shape index (κ3) is 5.59. The zero-order valence-corrected chi connectivity index (χ0v) is 15.5. The molecule has 0 aromatic heterocycles. The van der Waals surface area contributed by atoms with Crippen molar-refractivity contribution in [3.05, 3.63) is 106 Å². The van der Waals surface area contributed by atoms with Gasteiger partial charge in [0, 0.05) is 35.1 Å². The number of non-ortho nitro benzene ring substituents is 1. The Kier molecular flexibility index (Phi) is 6.29. The molecule has 0 saturated carbocycles. The number of carbonyl (C=O) groups is 2. The lowest BCUT2D eigenvalue weighted by atomic mass is 10.1. The molecular formula is C22H16FN3O4. The van der Waals surface area contributed by atoms with Crippen LogP contribution in [-0.2, 0) is 4.79 Å². The van der Waals surface area contributed by atoms with Gasteiger partial charge in [0.05, 0.1) is 4.92 Å². The fraction of sp³-hybridized carbons (Fsp3) is 0. The summed E-state index contributed by atoms with van der Waals surface area (Å²) in [6.45, 7) is 0. The summed E-state index contributed by atoms with van der Waals surface area (Å²) in [5.41, 5.74) is 1.60. The Balaban J connectivity index is 1.63. The number of nitrogens with one attached hydrogen (secondary N) is 2. The number of hydrogen-bond donors (Lipinski definition) is 2. The summed E-state index contributed by atoms with van der Waals surface area (Å²) < 4.78 is 13.2. The van der Waals surface area contributed by atoms with Crippen molar-refractivity contribution in [2.75, 3.05) is 10.6 Å². The molecule has 0 atom stereocenters. The van der Waals surface area contributed by atoms with Gasteiger partial charge in [-0.3, -0.25) is 19.7 Å². The van der Waals surface area contributed by atoms with Crippen LogP contribution < -0.4 is 10.6 Å². The molecule has 3 aromatic rings. The predicted molar refractivity (Wildman–Crippen MR) is 112 cm³/mol. The highest BCUT2D eigenvalue weighted by Gasteiger charge is 2.08. The maximum absolute atomic E-state index is 13.2. The van der Waals surface area contributed by atoms with Crippen LogP contribution in [0.3, 0.4) is 0 Å². The van der Waals surface area contributed by atoms with Gasteiger partial charge in [0.2, 0.25) is 5.91 Å². The molecule has 7 nitrogen and oxygen atoms in total. The average molecular weight is 405 g/mol. The van der Waals surface area contributed by atoms with E-state index in [1.807, 2.05) is 0 Å². The molecule has 0 aliphatic heterocycles. The standard InChI is InChI=1S/C22H16FN3O4/c23-17-4-2-6-19(14-17)25-22(28)16-3-1-5-18(13-16)24-21(27)12-9-15-7-10-20(11-8-15)26(29)30/h1-14H,(H,24,27)(H,25,28)/b12-9+. The van der Waals surface area contributed by atoms with Crippen LogP contribution in [0.1, 0.15) is 15.9 Å². The first kappa shape index (κ1) is 20.4. The second kappa shape index (κ2) is 9.24. The molecular weight excluding hydrogens is 389 g/mol. The van der Waals surface area contributed by atoms with E-state index in [2.05, 4.69) is 10.6 Å². The first-order chi connectivity index (χ1) is 14.4. The van der Waals surface area contributed by atoms with Gasteiger partial charge in [0.25, 0.3) is 11.6 Å². The number of hydrogen-bond acceptors (Lipinski definition) is 4. The molecule has 3 aromatic carbocycles. The maximum atomic E-state index is 13.2. The predicted octanol–water partition coefficient (Wildman–Crippen LogP) is 4.64. The fourth-order valence-corrected chi connectivity index (χ4v) is 2.57. The van der Waals surface area contributed by atoms with Crippen LogP contribution in [0.25, 0.3) is 6.08 Å². The monoisotopic (exact) mass is 405 g/mol. The van der Waals surface area contributed by atoms with Gasteiger partial charge in [0.15, 0.2) is 0 Å². The van der Waals surface area contributed by atoms with E-state index in [1.165, 1.54) is 60.7 Å². The number of benzene rings is 3. The largest absolute Gasteiger partial charge is 0.322 e. The van der Waals surface area contributed by atoms with E-state index in [-0.39, 0.29) is 11.3 Å². The Morgan fingerprint density at radius 1 is 0.900 bits per heavy atom. The van der Waals surface area contributed by atoms with Crippen LogP contribution in [0.5, 0.6) is 0 Å². The second-order valence-electron chi connectivity index (χ2n) is 6.22. The molecule has 0 heterocycles. The minimum atomic E-state index is -0.502. The summed E-state index contributed by atoms with van der Waals surface area (Å²) in [5, 5.41) is 15.9. The van der Waals surface area contributed by atoms with Crippen molar-refractivity contribution in [3.63, 3.8) is 0 Å². The van der Waals surface area contributed by atoms with Crippen LogP contribution >= 0.6 is 0 Å². The molecule has 0 fully saturated rings. The Morgan fingerprint density at radius 3 is 2.23 bits per heavy atom. The Bertz CT molecular complexity index is 1130. The first-order valence-electron chi connectivity index (χ1n) is 8.81. The topological polar surface area (TPSA) is 101 Å². The lowest BCUT2D eigenvalue weighted by Gasteiger charge is -2.07. The highest BCUT2D eigenvalue weighted by molar-refractivity contribution is 6.06. The van der Waals surface area contributed by atoms with Crippen LogP contribution in [0.15, 0.2) is 78.9 Å². The van der Waals surface area contributed by atoms with Gasteiger partial charge in [-0.25, -0.2) is 4.39 Å². The molecule has 8 heteroatoms. The zero-order valence-electron chi connectivity index (χ0n) is 15.5. The molecule has 30 heavy (non-hydrogen) atoms. The molecule has 0 bridgehead atoms.